The third-order valence-electron chi connectivity index (χ3n) is 2.53. The summed E-state index contributed by atoms with van der Waals surface area (Å²) in [6, 6.07) is 5.20. The normalized spacial score (nSPS) is 12.0. The van der Waals surface area contributed by atoms with Crippen LogP contribution in [0.2, 0.25) is 5.02 Å². The molecule has 0 spiro atoms. The molecule has 18 heavy (non-hydrogen) atoms. The van der Waals surface area contributed by atoms with Gasteiger partial charge in [0.25, 0.3) is 5.91 Å². The Bertz CT molecular complexity index is 410. The molecule has 0 radical (unpaired) electrons. The highest BCUT2D eigenvalue weighted by molar-refractivity contribution is 6.30. The van der Waals surface area contributed by atoms with Crippen LogP contribution in [0.25, 0.3) is 0 Å². The van der Waals surface area contributed by atoms with Gasteiger partial charge in [0.1, 0.15) is 5.75 Å². The van der Waals surface area contributed by atoms with Gasteiger partial charge in [-0.25, -0.2) is 0 Å². The molecule has 0 fully saturated rings. The number of rotatable bonds is 6. The number of hydrogen-bond donors (Lipinski definition) is 2. The van der Waals surface area contributed by atoms with Crippen molar-refractivity contribution in [2.75, 3.05) is 20.2 Å². The predicted octanol–water partition coefficient (Wildman–Crippen LogP) is 2.08. The second-order valence-corrected chi connectivity index (χ2v) is 4.45. The molecule has 0 aliphatic carbocycles. The molecule has 0 aliphatic rings. The number of benzene rings is 1. The van der Waals surface area contributed by atoms with E-state index in [2.05, 4.69) is 10.6 Å². The maximum Gasteiger partial charge on any atom is 0.255 e. The second-order valence-electron chi connectivity index (χ2n) is 4.01. The average molecular weight is 271 g/mol. The summed E-state index contributed by atoms with van der Waals surface area (Å²) in [6.07, 6.45) is 0. The van der Waals surface area contributed by atoms with E-state index in [1.54, 1.807) is 18.2 Å². The molecule has 0 aromatic heterocycles. The van der Waals surface area contributed by atoms with E-state index in [4.69, 9.17) is 16.3 Å². The summed E-state index contributed by atoms with van der Waals surface area (Å²) < 4.78 is 5.14. The van der Waals surface area contributed by atoms with Crippen molar-refractivity contribution < 1.29 is 9.53 Å². The molecule has 1 aromatic rings. The van der Waals surface area contributed by atoms with Crippen LogP contribution in [-0.2, 0) is 0 Å². The minimum Gasteiger partial charge on any atom is -0.496 e. The van der Waals surface area contributed by atoms with Crippen molar-refractivity contribution in [3.05, 3.63) is 28.8 Å². The van der Waals surface area contributed by atoms with Crippen molar-refractivity contribution in [1.82, 2.24) is 10.6 Å². The van der Waals surface area contributed by atoms with E-state index in [0.717, 1.165) is 6.54 Å². The zero-order valence-corrected chi connectivity index (χ0v) is 11.7. The molecule has 0 unspecified atom stereocenters. The fourth-order valence-corrected chi connectivity index (χ4v) is 1.78. The van der Waals surface area contributed by atoms with Crippen molar-refractivity contribution in [3.8, 4) is 5.75 Å². The Balaban J connectivity index is 2.66. The van der Waals surface area contributed by atoms with Gasteiger partial charge in [0.2, 0.25) is 0 Å². The van der Waals surface area contributed by atoms with Crippen LogP contribution in [0.5, 0.6) is 5.75 Å². The van der Waals surface area contributed by atoms with Crippen LogP contribution in [0.3, 0.4) is 0 Å². The lowest BCUT2D eigenvalue weighted by atomic mass is 10.2. The Morgan fingerprint density at radius 3 is 2.83 bits per heavy atom. The lowest BCUT2D eigenvalue weighted by Gasteiger charge is -2.14. The first-order chi connectivity index (χ1) is 8.58. The molecule has 5 heteroatoms. The van der Waals surface area contributed by atoms with E-state index in [-0.39, 0.29) is 11.9 Å². The first-order valence-corrected chi connectivity index (χ1v) is 6.31. The van der Waals surface area contributed by atoms with Crippen LogP contribution >= 0.6 is 11.6 Å². The predicted molar refractivity (Wildman–Crippen MR) is 73.5 cm³/mol. The fourth-order valence-electron chi connectivity index (χ4n) is 1.61. The van der Waals surface area contributed by atoms with Crippen LogP contribution in [0, 0.1) is 0 Å². The van der Waals surface area contributed by atoms with Gasteiger partial charge in [-0.05, 0) is 31.7 Å². The minimum absolute atomic E-state index is 0.159. The maximum absolute atomic E-state index is 12.0. The molecular formula is C13H19ClN2O2. The molecule has 1 amide bonds. The van der Waals surface area contributed by atoms with Crippen molar-refractivity contribution >= 4 is 17.5 Å². The summed E-state index contributed by atoms with van der Waals surface area (Å²) >= 11 is 5.85. The van der Waals surface area contributed by atoms with Crippen molar-refractivity contribution in [3.63, 3.8) is 0 Å². The van der Waals surface area contributed by atoms with Crippen LogP contribution in [-0.4, -0.2) is 32.1 Å². The Morgan fingerprint density at radius 2 is 2.22 bits per heavy atom. The first kappa shape index (κ1) is 14.8. The number of nitrogens with one attached hydrogen (secondary N) is 2. The summed E-state index contributed by atoms with van der Waals surface area (Å²) in [5.74, 6) is 0.323. The van der Waals surface area contributed by atoms with E-state index in [0.29, 0.717) is 22.9 Å². The highest BCUT2D eigenvalue weighted by Gasteiger charge is 2.13. The average Bonchev–Trinajstić information content (AvgIpc) is 2.36. The van der Waals surface area contributed by atoms with Crippen LogP contribution in [0.4, 0.5) is 0 Å². The van der Waals surface area contributed by atoms with Crippen LogP contribution in [0.15, 0.2) is 18.2 Å². The SMILES string of the molecule is CCN[C@H](C)CNC(=O)c1ccc(Cl)cc1OC. The number of methoxy groups -OCH3 is 1. The monoisotopic (exact) mass is 270 g/mol. The summed E-state index contributed by atoms with van der Waals surface area (Å²) in [7, 11) is 1.52. The van der Waals surface area contributed by atoms with E-state index >= 15 is 0 Å². The number of amides is 1. The molecular weight excluding hydrogens is 252 g/mol. The van der Waals surface area contributed by atoms with E-state index in [9.17, 15) is 4.79 Å². The highest BCUT2D eigenvalue weighted by Crippen LogP contribution is 2.22. The van der Waals surface area contributed by atoms with E-state index < -0.39 is 0 Å². The molecule has 0 saturated heterocycles. The number of halogens is 1. The van der Waals surface area contributed by atoms with Gasteiger partial charge in [-0.3, -0.25) is 4.79 Å². The maximum atomic E-state index is 12.0. The Morgan fingerprint density at radius 1 is 1.50 bits per heavy atom. The number of hydrogen-bond acceptors (Lipinski definition) is 3. The second kappa shape index (κ2) is 7.24. The molecule has 2 N–H and O–H groups in total. The highest BCUT2D eigenvalue weighted by atomic mass is 35.5. The lowest BCUT2D eigenvalue weighted by molar-refractivity contribution is 0.0947. The standard InChI is InChI=1S/C13H19ClN2O2/c1-4-15-9(2)8-16-13(17)11-6-5-10(14)7-12(11)18-3/h5-7,9,15H,4,8H2,1-3H3,(H,16,17)/t9-/m1/s1. The smallest absolute Gasteiger partial charge is 0.255 e. The van der Waals surface area contributed by atoms with Crippen molar-refractivity contribution in [2.24, 2.45) is 0 Å². The zero-order valence-electron chi connectivity index (χ0n) is 10.9. The molecule has 0 saturated carbocycles. The number of ether oxygens (including phenoxy) is 1. The summed E-state index contributed by atoms with van der Waals surface area (Å²) in [5.41, 5.74) is 0.491. The van der Waals surface area contributed by atoms with Gasteiger partial charge in [-0.15, -0.1) is 0 Å². The fraction of sp³-hybridized carbons (Fsp3) is 0.462. The summed E-state index contributed by atoms with van der Waals surface area (Å²) in [4.78, 5) is 12.0. The molecule has 1 rings (SSSR count). The number of likely N-dealkylation sites (N-methyl/N-ethyl adjacent to an activating group) is 1. The summed E-state index contributed by atoms with van der Waals surface area (Å²) in [5, 5.41) is 6.62. The molecule has 0 bridgehead atoms. The van der Waals surface area contributed by atoms with E-state index in [1.807, 2.05) is 13.8 Å². The number of carbonyl (C=O) groups is 1. The van der Waals surface area contributed by atoms with Gasteiger partial charge in [-0.1, -0.05) is 18.5 Å². The van der Waals surface area contributed by atoms with Gasteiger partial charge in [-0.2, -0.15) is 0 Å². The molecule has 0 heterocycles. The van der Waals surface area contributed by atoms with E-state index in [1.165, 1.54) is 7.11 Å². The van der Waals surface area contributed by atoms with Crippen molar-refractivity contribution in [2.45, 2.75) is 19.9 Å². The first-order valence-electron chi connectivity index (χ1n) is 5.93. The molecule has 0 aliphatic heterocycles. The molecule has 100 valence electrons. The molecule has 1 atom stereocenters. The van der Waals surface area contributed by atoms with Crippen molar-refractivity contribution in [1.29, 1.82) is 0 Å². The third-order valence-corrected chi connectivity index (χ3v) is 2.76. The Hall–Kier alpha value is -1.26. The minimum atomic E-state index is -0.159. The Kier molecular flexibility index (Phi) is 5.95. The molecule has 4 nitrogen and oxygen atoms in total. The van der Waals surface area contributed by atoms with Gasteiger partial charge >= 0.3 is 0 Å². The van der Waals surface area contributed by atoms with Gasteiger partial charge < -0.3 is 15.4 Å². The Labute approximate surface area is 113 Å². The summed E-state index contributed by atoms with van der Waals surface area (Å²) in [6.45, 7) is 5.49. The topological polar surface area (TPSA) is 50.4 Å². The largest absolute Gasteiger partial charge is 0.496 e. The lowest BCUT2D eigenvalue weighted by Crippen LogP contribution is -2.38. The van der Waals surface area contributed by atoms with Gasteiger partial charge in [0.05, 0.1) is 12.7 Å². The van der Waals surface area contributed by atoms with Gasteiger partial charge in [0.15, 0.2) is 0 Å². The third kappa shape index (κ3) is 4.20. The van der Waals surface area contributed by atoms with Crippen LogP contribution in [0.1, 0.15) is 24.2 Å². The molecule has 1 aromatic carbocycles. The quantitative estimate of drug-likeness (QED) is 0.832. The number of carbonyl (C=O) groups excluding carboxylic acids is 1. The van der Waals surface area contributed by atoms with Crippen LogP contribution < -0.4 is 15.4 Å². The zero-order chi connectivity index (χ0) is 13.5. The van der Waals surface area contributed by atoms with Gasteiger partial charge in [0, 0.05) is 17.6 Å².